The van der Waals surface area contributed by atoms with Gasteiger partial charge >= 0.3 is 0 Å². The highest BCUT2D eigenvalue weighted by Gasteiger charge is 1.92. The Morgan fingerprint density at radius 2 is 2.40 bits per heavy atom. The molecule has 2 N–H and O–H groups in total. The third kappa shape index (κ3) is 1.85. The molecule has 0 heterocycles. The number of hydrogen-bond donors (Lipinski definition) is 1. The molecular formula is C9H13N. The van der Waals surface area contributed by atoms with Gasteiger partial charge in [-0.25, -0.2) is 0 Å². The standard InChI is InChI=1S/C9H13N/c1-8-4-2-3-5-9(6-8)7-10/h3-6H,2,7,10H2,1H3. The minimum Gasteiger partial charge on any atom is -0.326 e. The lowest BCUT2D eigenvalue weighted by atomic mass is 10.2. The first-order valence-corrected chi connectivity index (χ1v) is 3.57. The molecule has 0 atom stereocenters. The number of allylic oxidation sites excluding steroid dienone is 4. The Hall–Kier alpha value is -0.820. The van der Waals surface area contributed by atoms with E-state index in [1.165, 1.54) is 11.1 Å². The maximum atomic E-state index is 5.49. The van der Waals surface area contributed by atoms with Gasteiger partial charge in [-0.3, -0.25) is 0 Å². The first kappa shape index (κ1) is 7.29. The Labute approximate surface area is 61.9 Å². The number of hydrogen-bond acceptors (Lipinski definition) is 1. The largest absolute Gasteiger partial charge is 0.326 e. The quantitative estimate of drug-likeness (QED) is 0.582. The van der Waals surface area contributed by atoms with Crippen molar-refractivity contribution in [2.45, 2.75) is 13.3 Å². The second-order valence-corrected chi connectivity index (χ2v) is 2.51. The van der Waals surface area contributed by atoms with E-state index in [-0.39, 0.29) is 0 Å². The lowest BCUT2D eigenvalue weighted by Gasteiger charge is -1.93. The van der Waals surface area contributed by atoms with Gasteiger partial charge < -0.3 is 5.73 Å². The van der Waals surface area contributed by atoms with E-state index >= 15 is 0 Å². The molecule has 0 aliphatic heterocycles. The van der Waals surface area contributed by atoms with Gasteiger partial charge in [0.2, 0.25) is 0 Å². The van der Waals surface area contributed by atoms with E-state index in [2.05, 4.69) is 31.2 Å². The minimum absolute atomic E-state index is 0.641. The van der Waals surface area contributed by atoms with Crippen molar-refractivity contribution in [3.8, 4) is 0 Å². The van der Waals surface area contributed by atoms with Gasteiger partial charge in [0, 0.05) is 6.54 Å². The molecule has 0 fully saturated rings. The second kappa shape index (κ2) is 3.37. The molecule has 0 unspecified atom stereocenters. The summed E-state index contributed by atoms with van der Waals surface area (Å²) >= 11 is 0. The Morgan fingerprint density at radius 3 is 3.10 bits per heavy atom. The van der Waals surface area contributed by atoms with E-state index in [0.717, 1.165) is 6.42 Å². The molecule has 0 aromatic heterocycles. The van der Waals surface area contributed by atoms with Crippen molar-refractivity contribution in [1.29, 1.82) is 0 Å². The fourth-order valence-electron chi connectivity index (χ4n) is 1.000. The zero-order valence-electron chi connectivity index (χ0n) is 6.30. The highest BCUT2D eigenvalue weighted by atomic mass is 14.5. The molecule has 1 rings (SSSR count). The lowest BCUT2D eigenvalue weighted by Crippen LogP contribution is -2.00. The van der Waals surface area contributed by atoms with E-state index in [1.807, 2.05) is 0 Å². The summed E-state index contributed by atoms with van der Waals surface area (Å²) in [5, 5.41) is 0. The highest BCUT2D eigenvalue weighted by Crippen LogP contribution is 2.08. The van der Waals surface area contributed by atoms with Crippen LogP contribution >= 0.6 is 0 Å². The third-order valence-electron chi connectivity index (χ3n) is 1.56. The molecule has 0 aromatic rings. The Bertz CT molecular complexity index is 197. The van der Waals surface area contributed by atoms with E-state index in [9.17, 15) is 0 Å². The molecule has 0 saturated heterocycles. The van der Waals surface area contributed by atoms with Crippen LogP contribution in [-0.2, 0) is 0 Å². The van der Waals surface area contributed by atoms with Crippen LogP contribution in [0.4, 0.5) is 0 Å². The monoisotopic (exact) mass is 135 g/mol. The predicted octanol–water partition coefficient (Wildman–Crippen LogP) is 1.78. The van der Waals surface area contributed by atoms with Crippen LogP contribution in [0.3, 0.4) is 0 Å². The summed E-state index contributed by atoms with van der Waals surface area (Å²) in [6.45, 7) is 2.74. The van der Waals surface area contributed by atoms with Gasteiger partial charge in [0.1, 0.15) is 0 Å². The first-order chi connectivity index (χ1) is 4.83. The molecule has 0 saturated carbocycles. The van der Waals surface area contributed by atoms with Crippen LogP contribution in [0.1, 0.15) is 13.3 Å². The lowest BCUT2D eigenvalue weighted by molar-refractivity contribution is 1.18. The Balaban J connectivity index is 2.79. The molecule has 0 spiro atoms. The van der Waals surface area contributed by atoms with Crippen molar-refractivity contribution < 1.29 is 0 Å². The Kier molecular flexibility index (Phi) is 2.46. The van der Waals surface area contributed by atoms with Crippen molar-refractivity contribution in [2.24, 2.45) is 5.73 Å². The van der Waals surface area contributed by atoms with Gasteiger partial charge in [0.05, 0.1) is 0 Å². The van der Waals surface area contributed by atoms with Crippen molar-refractivity contribution >= 4 is 0 Å². The normalized spacial score (nSPS) is 17.8. The van der Waals surface area contributed by atoms with Gasteiger partial charge in [-0.05, 0) is 18.9 Å². The molecule has 1 heteroatoms. The van der Waals surface area contributed by atoms with Gasteiger partial charge in [0.15, 0.2) is 0 Å². The van der Waals surface area contributed by atoms with E-state index in [4.69, 9.17) is 5.73 Å². The molecule has 1 aliphatic carbocycles. The summed E-state index contributed by atoms with van der Waals surface area (Å²) in [6, 6.07) is 0. The molecule has 10 heavy (non-hydrogen) atoms. The number of rotatable bonds is 1. The SMILES string of the molecule is CC1=CCC=CC(CN)=C1. The van der Waals surface area contributed by atoms with Crippen LogP contribution in [0.5, 0.6) is 0 Å². The van der Waals surface area contributed by atoms with Gasteiger partial charge in [0.25, 0.3) is 0 Å². The molecule has 1 aliphatic rings. The molecule has 0 amide bonds. The molecular weight excluding hydrogens is 122 g/mol. The molecule has 0 bridgehead atoms. The van der Waals surface area contributed by atoms with E-state index in [1.54, 1.807) is 0 Å². The first-order valence-electron chi connectivity index (χ1n) is 3.57. The van der Waals surface area contributed by atoms with Crippen LogP contribution in [0, 0.1) is 0 Å². The average molecular weight is 135 g/mol. The summed E-state index contributed by atoms with van der Waals surface area (Å²) in [6.07, 6.45) is 9.58. The van der Waals surface area contributed by atoms with Gasteiger partial charge in [-0.2, -0.15) is 0 Å². The predicted molar refractivity (Wildman–Crippen MR) is 44.7 cm³/mol. The van der Waals surface area contributed by atoms with Crippen LogP contribution in [-0.4, -0.2) is 6.54 Å². The fraction of sp³-hybridized carbons (Fsp3) is 0.333. The van der Waals surface area contributed by atoms with Gasteiger partial charge in [-0.1, -0.05) is 29.9 Å². The Morgan fingerprint density at radius 1 is 1.60 bits per heavy atom. The molecule has 0 aromatic carbocycles. The van der Waals surface area contributed by atoms with Crippen molar-refractivity contribution in [1.82, 2.24) is 0 Å². The fourth-order valence-corrected chi connectivity index (χ4v) is 1.000. The van der Waals surface area contributed by atoms with E-state index in [0.29, 0.717) is 6.54 Å². The van der Waals surface area contributed by atoms with Crippen LogP contribution in [0.25, 0.3) is 0 Å². The summed E-state index contributed by atoms with van der Waals surface area (Å²) in [5.74, 6) is 0. The summed E-state index contributed by atoms with van der Waals surface area (Å²) in [5.41, 5.74) is 8.01. The summed E-state index contributed by atoms with van der Waals surface area (Å²) in [4.78, 5) is 0. The zero-order chi connectivity index (χ0) is 7.40. The zero-order valence-corrected chi connectivity index (χ0v) is 6.30. The molecule has 0 radical (unpaired) electrons. The summed E-state index contributed by atoms with van der Waals surface area (Å²) in [7, 11) is 0. The maximum absolute atomic E-state index is 5.49. The van der Waals surface area contributed by atoms with Crippen molar-refractivity contribution in [3.63, 3.8) is 0 Å². The van der Waals surface area contributed by atoms with Gasteiger partial charge in [-0.15, -0.1) is 0 Å². The molecule has 1 nitrogen and oxygen atoms in total. The third-order valence-corrected chi connectivity index (χ3v) is 1.56. The van der Waals surface area contributed by atoms with Crippen molar-refractivity contribution in [2.75, 3.05) is 6.54 Å². The van der Waals surface area contributed by atoms with Crippen LogP contribution in [0.15, 0.2) is 35.5 Å². The molecule has 54 valence electrons. The topological polar surface area (TPSA) is 26.0 Å². The summed E-state index contributed by atoms with van der Waals surface area (Å²) < 4.78 is 0. The van der Waals surface area contributed by atoms with Crippen molar-refractivity contribution in [3.05, 3.63) is 35.5 Å². The second-order valence-electron chi connectivity index (χ2n) is 2.51. The highest BCUT2D eigenvalue weighted by molar-refractivity contribution is 5.33. The van der Waals surface area contributed by atoms with Crippen LogP contribution < -0.4 is 5.73 Å². The number of nitrogens with two attached hydrogens (primary N) is 1. The minimum atomic E-state index is 0.641. The smallest absolute Gasteiger partial charge is 0.0178 e. The maximum Gasteiger partial charge on any atom is 0.0178 e. The van der Waals surface area contributed by atoms with E-state index < -0.39 is 0 Å². The van der Waals surface area contributed by atoms with Crippen LogP contribution in [0.2, 0.25) is 0 Å². The average Bonchev–Trinajstić information content (AvgIpc) is 2.13.